The van der Waals surface area contributed by atoms with Crippen molar-refractivity contribution in [2.75, 3.05) is 18.1 Å². The first-order valence-corrected chi connectivity index (χ1v) is 6.29. The summed E-state index contributed by atoms with van der Waals surface area (Å²) in [5.41, 5.74) is 0.803. The summed E-state index contributed by atoms with van der Waals surface area (Å²) in [4.78, 5) is 6.49. The Bertz CT molecular complexity index is 447. The zero-order valence-corrected chi connectivity index (χ0v) is 10.9. The Morgan fingerprint density at radius 1 is 1.56 bits per heavy atom. The number of piperidine rings is 1. The molecule has 4 nitrogen and oxygen atoms in total. The van der Waals surface area contributed by atoms with Crippen LogP contribution in [0.1, 0.15) is 32.3 Å². The molecule has 4 heteroatoms. The lowest BCUT2D eigenvalue weighted by molar-refractivity contribution is 0.189. The lowest BCUT2D eigenvalue weighted by Crippen LogP contribution is -2.49. The van der Waals surface area contributed by atoms with E-state index in [1.807, 2.05) is 6.07 Å². The Hall–Kier alpha value is -1.60. The van der Waals surface area contributed by atoms with E-state index in [0.29, 0.717) is 5.56 Å². The van der Waals surface area contributed by atoms with E-state index in [0.717, 1.165) is 25.2 Å². The molecule has 0 unspecified atom stereocenters. The lowest BCUT2D eigenvalue weighted by atomic mass is 9.81. The van der Waals surface area contributed by atoms with Gasteiger partial charge in [-0.25, -0.2) is 4.98 Å². The molecule has 0 bridgehead atoms. The highest BCUT2D eigenvalue weighted by atomic mass is 16.3. The highest BCUT2D eigenvalue weighted by Crippen LogP contribution is 2.34. The summed E-state index contributed by atoms with van der Waals surface area (Å²) in [5, 5.41) is 18.2. The molecule has 0 spiro atoms. The normalized spacial score (nSPS) is 22.6. The van der Waals surface area contributed by atoms with Crippen molar-refractivity contribution in [3.63, 3.8) is 0 Å². The molecule has 1 aliphatic heterocycles. The predicted molar refractivity (Wildman–Crippen MR) is 70.2 cm³/mol. The number of anilines is 1. The van der Waals surface area contributed by atoms with E-state index in [4.69, 9.17) is 5.26 Å². The van der Waals surface area contributed by atoms with E-state index >= 15 is 0 Å². The van der Waals surface area contributed by atoms with Crippen LogP contribution < -0.4 is 4.90 Å². The summed E-state index contributed by atoms with van der Waals surface area (Å²) >= 11 is 0. The highest BCUT2D eigenvalue weighted by Gasteiger charge is 2.33. The number of nitrogens with zero attached hydrogens (tertiary/aromatic N) is 3. The number of nitriles is 1. The Labute approximate surface area is 108 Å². The van der Waals surface area contributed by atoms with Gasteiger partial charge in [0.05, 0.1) is 18.2 Å². The number of aromatic nitrogens is 1. The van der Waals surface area contributed by atoms with Gasteiger partial charge in [0.1, 0.15) is 11.9 Å². The summed E-state index contributed by atoms with van der Waals surface area (Å²) < 4.78 is 0. The standard InChI is InChI=1S/C14H19N3O/c1-14(2)6-5-12(9-18)17(10-14)13-4-3-11(7-15)8-16-13/h3-4,8,12,18H,5-6,9-10H2,1-2H3/t12-/m1/s1. The van der Waals surface area contributed by atoms with Crippen molar-refractivity contribution in [1.82, 2.24) is 4.98 Å². The van der Waals surface area contributed by atoms with Crippen LogP contribution in [0.25, 0.3) is 0 Å². The van der Waals surface area contributed by atoms with Crippen LogP contribution in [0.5, 0.6) is 0 Å². The van der Waals surface area contributed by atoms with Gasteiger partial charge in [0.15, 0.2) is 0 Å². The molecule has 0 aliphatic carbocycles. The second-order valence-corrected chi connectivity index (χ2v) is 5.68. The summed E-state index contributed by atoms with van der Waals surface area (Å²) in [6.45, 7) is 5.50. The molecule has 1 saturated heterocycles. The van der Waals surface area contributed by atoms with E-state index in [1.165, 1.54) is 0 Å². The molecule has 18 heavy (non-hydrogen) atoms. The number of hydrogen-bond acceptors (Lipinski definition) is 4. The quantitative estimate of drug-likeness (QED) is 0.865. The van der Waals surface area contributed by atoms with Crippen molar-refractivity contribution in [1.29, 1.82) is 5.26 Å². The van der Waals surface area contributed by atoms with Gasteiger partial charge in [-0.2, -0.15) is 5.26 Å². The molecule has 0 saturated carbocycles. The van der Waals surface area contributed by atoms with Gasteiger partial charge in [0.2, 0.25) is 0 Å². The Balaban J connectivity index is 2.24. The van der Waals surface area contributed by atoms with Gasteiger partial charge in [-0.15, -0.1) is 0 Å². The topological polar surface area (TPSA) is 60.1 Å². The fourth-order valence-corrected chi connectivity index (χ4v) is 2.46. The summed E-state index contributed by atoms with van der Waals surface area (Å²) in [7, 11) is 0. The third-order valence-corrected chi connectivity index (χ3v) is 3.58. The van der Waals surface area contributed by atoms with Crippen LogP contribution in [0.15, 0.2) is 18.3 Å². The van der Waals surface area contributed by atoms with E-state index in [9.17, 15) is 5.11 Å². The van der Waals surface area contributed by atoms with Crippen molar-refractivity contribution < 1.29 is 5.11 Å². The second-order valence-electron chi connectivity index (χ2n) is 5.68. The van der Waals surface area contributed by atoms with Crippen LogP contribution in [0.2, 0.25) is 0 Å². The molecule has 1 fully saturated rings. The van der Waals surface area contributed by atoms with Crippen LogP contribution in [-0.2, 0) is 0 Å². The molecule has 2 heterocycles. The van der Waals surface area contributed by atoms with Crippen molar-refractivity contribution in [3.8, 4) is 6.07 Å². The Morgan fingerprint density at radius 3 is 2.89 bits per heavy atom. The average molecular weight is 245 g/mol. The first-order chi connectivity index (χ1) is 8.55. The maximum atomic E-state index is 9.47. The first kappa shape index (κ1) is 12.8. The largest absolute Gasteiger partial charge is 0.394 e. The molecule has 2 rings (SSSR count). The van der Waals surface area contributed by atoms with Gasteiger partial charge in [-0.1, -0.05) is 13.8 Å². The maximum absolute atomic E-state index is 9.47. The molecule has 0 aromatic carbocycles. The monoisotopic (exact) mass is 245 g/mol. The molecule has 1 aromatic rings. The van der Waals surface area contributed by atoms with Gasteiger partial charge in [-0.05, 0) is 30.4 Å². The first-order valence-electron chi connectivity index (χ1n) is 6.29. The molecule has 1 aliphatic rings. The molecule has 0 radical (unpaired) electrons. The minimum absolute atomic E-state index is 0.137. The smallest absolute Gasteiger partial charge is 0.128 e. The summed E-state index contributed by atoms with van der Waals surface area (Å²) in [6.07, 6.45) is 3.68. The Morgan fingerprint density at radius 2 is 2.33 bits per heavy atom. The van der Waals surface area contributed by atoms with Crippen molar-refractivity contribution >= 4 is 5.82 Å². The molecule has 1 N–H and O–H groups in total. The van der Waals surface area contributed by atoms with Crippen LogP contribution in [0.3, 0.4) is 0 Å². The fraction of sp³-hybridized carbons (Fsp3) is 0.571. The second kappa shape index (κ2) is 4.95. The van der Waals surface area contributed by atoms with Crippen LogP contribution >= 0.6 is 0 Å². The van der Waals surface area contributed by atoms with Gasteiger partial charge in [0.25, 0.3) is 0 Å². The summed E-state index contributed by atoms with van der Waals surface area (Å²) in [6, 6.07) is 5.85. The van der Waals surface area contributed by atoms with Crippen molar-refractivity contribution in [2.45, 2.75) is 32.7 Å². The lowest BCUT2D eigenvalue weighted by Gasteiger charge is -2.43. The zero-order chi connectivity index (χ0) is 13.2. The molecule has 0 amide bonds. The van der Waals surface area contributed by atoms with Crippen LogP contribution in [-0.4, -0.2) is 29.3 Å². The minimum atomic E-state index is 0.137. The van der Waals surface area contributed by atoms with Gasteiger partial charge >= 0.3 is 0 Å². The number of pyridine rings is 1. The van der Waals surface area contributed by atoms with Crippen molar-refractivity contribution in [3.05, 3.63) is 23.9 Å². The van der Waals surface area contributed by atoms with Gasteiger partial charge < -0.3 is 10.0 Å². The molecular formula is C14H19N3O. The third kappa shape index (κ3) is 2.62. The number of rotatable bonds is 2. The molecular weight excluding hydrogens is 226 g/mol. The highest BCUT2D eigenvalue weighted by molar-refractivity contribution is 5.43. The van der Waals surface area contributed by atoms with E-state index in [-0.39, 0.29) is 18.1 Å². The maximum Gasteiger partial charge on any atom is 0.128 e. The molecule has 1 atom stereocenters. The average Bonchev–Trinajstić information content (AvgIpc) is 2.38. The van der Waals surface area contributed by atoms with Gasteiger partial charge in [-0.3, -0.25) is 0 Å². The fourth-order valence-electron chi connectivity index (χ4n) is 2.46. The van der Waals surface area contributed by atoms with E-state index in [2.05, 4.69) is 29.8 Å². The molecule has 1 aromatic heterocycles. The molecule has 96 valence electrons. The number of aliphatic hydroxyl groups is 1. The van der Waals surface area contributed by atoms with E-state index in [1.54, 1.807) is 12.3 Å². The third-order valence-electron chi connectivity index (χ3n) is 3.58. The SMILES string of the molecule is CC1(C)CC[C@H](CO)N(c2ccc(C#N)cn2)C1. The Kier molecular flexibility index (Phi) is 3.53. The number of aliphatic hydroxyl groups excluding tert-OH is 1. The van der Waals surface area contributed by atoms with Gasteiger partial charge in [0, 0.05) is 12.7 Å². The van der Waals surface area contributed by atoms with Crippen LogP contribution in [0, 0.1) is 16.7 Å². The van der Waals surface area contributed by atoms with Crippen LogP contribution in [0.4, 0.5) is 5.82 Å². The summed E-state index contributed by atoms with van der Waals surface area (Å²) in [5.74, 6) is 0.848. The van der Waals surface area contributed by atoms with E-state index < -0.39 is 0 Å². The minimum Gasteiger partial charge on any atom is -0.394 e. The number of hydrogen-bond donors (Lipinski definition) is 1. The zero-order valence-electron chi connectivity index (χ0n) is 10.9. The predicted octanol–water partition coefficient (Wildman–Crippen LogP) is 1.94. The van der Waals surface area contributed by atoms with Crippen molar-refractivity contribution in [2.24, 2.45) is 5.41 Å².